The second kappa shape index (κ2) is 5.98. The van der Waals surface area contributed by atoms with Crippen molar-refractivity contribution < 1.29 is 5.11 Å². The molecular formula is C12H14ClNOS2. The molecule has 17 heavy (non-hydrogen) atoms. The average molecular weight is 288 g/mol. The monoisotopic (exact) mass is 287 g/mol. The Balaban J connectivity index is 2.18. The van der Waals surface area contributed by atoms with Crippen LogP contribution in [0.25, 0.3) is 0 Å². The van der Waals surface area contributed by atoms with Gasteiger partial charge in [-0.25, -0.2) is 0 Å². The summed E-state index contributed by atoms with van der Waals surface area (Å²) < 4.78 is 0.792. The van der Waals surface area contributed by atoms with E-state index < -0.39 is 0 Å². The van der Waals surface area contributed by atoms with Gasteiger partial charge in [0.05, 0.1) is 16.5 Å². The summed E-state index contributed by atoms with van der Waals surface area (Å²) in [5.41, 5.74) is 0. The van der Waals surface area contributed by atoms with Crippen LogP contribution < -0.4 is 5.32 Å². The van der Waals surface area contributed by atoms with Crippen molar-refractivity contribution in [1.29, 1.82) is 0 Å². The third-order valence-electron chi connectivity index (χ3n) is 2.32. The number of rotatable bonds is 5. The van der Waals surface area contributed by atoms with Gasteiger partial charge in [0.1, 0.15) is 0 Å². The zero-order valence-electron chi connectivity index (χ0n) is 9.39. The van der Waals surface area contributed by atoms with Gasteiger partial charge in [-0.15, -0.1) is 22.7 Å². The summed E-state index contributed by atoms with van der Waals surface area (Å²) >= 11 is 9.25. The van der Waals surface area contributed by atoms with E-state index in [1.165, 1.54) is 9.75 Å². The lowest BCUT2D eigenvalue weighted by atomic mass is 10.2. The molecule has 0 aliphatic carbocycles. The zero-order valence-corrected chi connectivity index (χ0v) is 11.8. The molecule has 92 valence electrons. The molecule has 0 spiro atoms. The van der Waals surface area contributed by atoms with Gasteiger partial charge in [-0.3, -0.25) is 0 Å². The first-order valence-corrected chi connectivity index (χ1v) is 7.44. The second-order valence-electron chi connectivity index (χ2n) is 3.85. The van der Waals surface area contributed by atoms with Gasteiger partial charge in [0.2, 0.25) is 0 Å². The van der Waals surface area contributed by atoms with Gasteiger partial charge in [0.25, 0.3) is 0 Å². The number of hydrogen-bond acceptors (Lipinski definition) is 4. The molecule has 0 fully saturated rings. The number of aliphatic hydroxyl groups is 1. The van der Waals surface area contributed by atoms with Crippen molar-refractivity contribution in [2.24, 2.45) is 0 Å². The van der Waals surface area contributed by atoms with E-state index in [1.807, 2.05) is 18.2 Å². The molecule has 5 heteroatoms. The predicted octanol–water partition coefficient (Wildman–Crippen LogP) is 3.52. The molecule has 2 nitrogen and oxygen atoms in total. The van der Waals surface area contributed by atoms with Crippen molar-refractivity contribution in [2.45, 2.75) is 19.1 Å². The summed E-state index contributed by atoms with van der Waals surface area (Å²) in [4.78, 5) is 2.42. The molecule has 2 unspecified atom stereocenters. The number of thiophene rings is 2. The molecule has 0 aromatic carbocycles. The predicted molar refractivity (Wildman–Crippen MR) is 75.2 cm³/mol. The Morgan fingerprint density at radius 1 is 1.35 bits per heavy atom. The third kappa shape index (κ3) is 3.53. The summed E-state index contributed by atoms with van der Waals surface area (Å²) in [6.45, 7) is 2.35. The number of halogens is 1. The number of nitrogens with one attached hydrogen (secondary N) is 1. The minimum absolute atomic E-state index is 0.127. The largest absolute Gasteiger partial charge is 0.392 e. The maximum atomic E-state index is 9.37. The quantitative estimate of drug-likeness (QED) is 0.882. The molecule has 0 saturated carbocycles. The Kier molecular flexibility index (Phi) is 4.59. The maximum Gasteiger partial charge on any atom is 0.0931 e. The van der Waals surface area contributed by atoms with E-state index in [1.54, 1.807) is 29.6 Å². The Morgan fingerprint density at radius 2 is 2.18 bits per heavy atom. The van der Waals surface area contributed by atoms with Gasteiger partial charge in [-0.05, 0) is 30.5 Å². The molecule has 0 aliphatic heterocycles. The van der Waals surface area contributed by atoms with E-state index in [0.29, 0.717) is 6.54 Å². The van der Waals surface area contributed by atoms with Crippen LogP contribution in [0.1, 0.15) is 22.7 Å². The highest BCUT2D eigenvalue weighted by molar-refractivity contribution is 7.16. The van der Waals surface area contributed by atoms with E-state index in [0.717, 1.165) is 4.34 Å². The van der Waals surface area contributed by atoms with Crippen LogP contribution in [0.5, 0.6) is 0 Å². The van der Waals surface area contributed by atoms with Crippen LogP contribution in [0.2, 0.25) is 4.34 Å². The van der Waals surface area contributed by atoms with Gasteiger partial charge in [0.15, 0.2) is 0 Å². The van der Waals surface area contributed by atoms with Gasteiger partial charge >= 0.3 is 0 Å². The number of aliphatic hydroxyl groups excluding tert-OH is 1. The van der Waals surface area contributed by atoms with E-state index >= 15 is 0 Å². The standard InChI is InChI=1S/C12H14ClNOS2/c1-8(15)7-14-12(9-3-2-6-16-9)10-4-5-11(13)17-10/h2-6,8,12,14-15H,7H2,1H3. The Morgan fingerprint density at radius 3 is 2.71 bits per heavy atom. The summed E-state index contributed by atoms with van der Waals surface area (Å²) in [6.07, 6.45) is -0.354. The summed E-state index contributed by atoms with van der Waals surface area (Å²) in [7, 11) is 0. The smallest absolute Gasteiger partial charge is 0.0931 e. The molecule has 2 aromatic heterocycles. The molecular weight excluding hydrogens is 274 g/mol. The molecule has 0 aliphatic rings. The molecule has 0 amide bonds. The minimum atomic E-state index is -0.354. The molecule has 0 radical (unpaired) electrons. The summed E-state index contributed by atoms with van der Waals surface area (Å²) in [6, 6.07) is 8.20. The van der Waals surface area contributed by atoms with Crippen LogP contribution in [0.3, 0.4) is 0 Å². The van der Waals surface area contributed by atoms with Gasteiger partial charge in [-0.2, -0.15) is 0 Å². The first-order valence-electron chi connectivity index (χ1n) is 5.37. The van der Waals surface area contributed by atoms with E-state index in [-0.39, 0.29) is 12.1 Å². The lowest BCUT2D eigenvalue weighted by Crippen LogP contribution is -2.28. The van der Waals surface area contributed by atoms with Crippen LogP contribution in [-0.4, -0.2) is 17.8 Å². The first-order chi connectivity index (χ1) is 8.16. The van der Waals surface area contributed by atoms with Crippen molar-refractivity contribution in [1.82, 2.24) is 5.32 Å². The highest BCUT2D eigenvalue weighted by atomic mass is 35.5. The normalized spacial score (nSPS) is 14.8. The van der Waals surface area contributed by atoms with Crippen LogP contribution in [0.15, 0.2) is 29.6 Å². The third-order valence-corrected chi connectivity index (χ3v) is 4.56. The van der Waals surface area contributed by atoms with Gasteiger partial charge in [0, 0.05) is 16.3 Å². The van der Waals surface area contributed by atoms with Crippen molar-refractivity contribution >= 4 is 34.3 Å². The van der Waals surface area contributed by atoms with Gasteiger partial charge in [-0.1, -0.05) is 17.7 Å². The second-order valence-corrected chi connectivity index (χ2v) is 6.57. The van der Waals surface area contributed by atoms with E-state index in [2.05, 4.69) is 16.8 Å². The molecule has 2 N–H and O–H groups in total. The highest BCUT2D eigenvalue weighted by Gasteiger charge is 2.17. The fraction of sp³-hybridized carbons (Fsp3) is 0.333. The van der Waals surface area contributed by atoms with Crippen molar-refractivity contribution in [3.8, 4) is 0 Å². The van der Waals surface area contributed by atoms with Crippen LogP contribution >= 0.6 is 34.3 Å². The number of hydrogen-bond donors (Lipinski definition) is 2. The van der Waals surface area contributed by atoms with Crippen LogP contribution in [0.4, 0.5) is 0 Å². The lowest BCUT2D eigenvalue weighted by Gasteiger charge is -2.17. The fourth-order valence-corrected chi connectivity index (χ4v) is 3.62. The Hall–Kier alpha value is -0.390. The Bertz CT molecular complexity index is 453. The van der Waals surface area contributed by atoms with E-state index in [4.69, 9.17) is 11.6 Å². The van der Waals surface area contributed by atoms with Gasteiger partial charge < -0.3 is 10.4 Å². The van der Waals surface area contributed by atoms with Crippen molar-refractivity contribution in [2.75, 3.05) is 6.54 Å². The molecule has 2 rings (SSSR count). The SMILES string of the molecule is CC(O)CNC(c1cccs1)c1ccc(Cl)s1. The van der Waals surface area contributed by atoms with E-state index in [9.17, 15) is 5.11 Å². The summed E-state index contributed by atoms with van der Waals surface area (Å²) in [5.74, 6) is 0. The highest BCUT2D eigenvalue weighted by Crippen LogP contribution is 2.32. The average Bonchev–Trinajstić information content (AvgIpc) is 2.90. The van der Waals surface area contributed by atoms with Crippen LogP contribution in [-0.2, 0) is 0 Å². The first kappa shape index (κ1) is 13.1. The molecule has 0 saturated heterocycles. The fourth-order valence-electron chi connectivity index (χ4n) is 1.57. The molecule has 2 atom stereocenters. The molecule has 2 heterocycles. The summed E-state index contributed by atoms with van der Waals surface area (Å²) in [5, 5.41) is 14.8. The van der Waals surface area contributed by atoms with Crippen LogP contribution in [0, 0.1) is 0 Å². The zero-order chi connectivity index (χ0) is 12.3. The van der Waals surface area contributed by atoms with Crippen molar-refractivity contribution in [3.05, 3.63) is 43.7 Å². The lowest BCUT2D eigenvalue weighted by molar-refractivity contribution is 0.188. The Labute approximate surface area is 114 Å². The maximum absolute atomic E-state index is 9.37. The van der Waals surface area contributed by atoms with Crippen molar-refractivity contribution in [3.63, 3.8) is 0 Å². The molecule has 2 aromatic rings. The minimum Gasteiger partial charge on any atom is -0.392 e. The molecule has 0 bridgehead atoms. The topological polar surface area (TPSA) is 32.3 Å².